The Balaban J connectivity index is 1.31. The van der Waals surface area contributed by atoms with Gasteiger partial charge in [0.15, 0.2) is 0 Å². The van der Waals surface area contributed by atoms with Crippen molar-refractivity contribution in [3.8, 4) is 0 Å². The molecule has 0 unspecified atom stereocenters. The lowest BCUT2D eigenvalue weighted by atomic mass is 10.2. The van der Waals surface area contributed by atoms with Crippen molar-refractivity contribution in [1.82, 2.24) is 14.7 Å². The lowest BCUT2D eigenvalue weighted by Gasteiger charge is -2.36. The maximum absolute atomic E-state index is 13.2. The molecule has 0 spiro atoms. The van der Waals surface area contributed by atoms with Gasteiger partial charge in [-0.25, -0.2) is 4.39 Å². The molecule has 1 aliphatic heterocycles. The number of aromatic nitrogens is 2. The quantitative estimate of drug-likeness (QED) is 0.413. The van der Waals surface area contributed by atoms with Crippen LogP contribution in [0.1, 0.15) is 20.9 Å². The molecule has 1 aliphatic rings. The number of carbonyl (C=O) groups is 1. The molecule has 1 fully saturated rings. The second-order valence-electron chi connectivity index (χ2n) is 7.96. The fourth-order valence-electron chi connectivity index (χ4n) is 4.08. The minimum absolute atomic E-state index is 0.0599. The van der Waals surface area contributed by atoms with Crippen LogP contribution in [0.3, 0.4) is 0 Å². The Morgan fingerprint density at radius 3 is 2.56 bits per heavy atom. The van der Waals surface area contributed by atoms with Crippen LogP contribution < -0.4 is 4.90 Å². The second kappa shape index (κ2) is 8.56. The molecule has 5 rings (SSSR count). The average molecular weight is 469 g/mol. The van der Waals surface area contributed by atoms with Crippen LogP contribution in [0.25, 0.3) is 10.2 Å². The van der Waals surface area contributed by atoms with Crippen LogP contribution in [0, 0.1) is 12.7 Å². The van der Waals surface area contributed by atoms with Gasteiger partial charge in [-0.2, -0.15) is 5.10 Å². The predicted molar refractivity (Wildman–Crippen MR) is 127 cm³/mol. The van der Waals surface area contributed by atoms with Gasteiger partial charge >= 0.3 is 0 Å². The van der Waals surface area contributed by atoms with E-state index < -0.39 is 0 Å². The molecular formula is C24H22ClFN4OS. The van der Waals surface area contributed by atoms with Crippen LogP contribution in [-0.4, -0.2) is 46.8 Å². The van der Waals surface area contributed by atoms with Gasteiger partial charge in [0.25, 0.3) is 5.91 Å². The first-order valence-electron chi connectivity index (χ1n) is 10.5. The molecule has 4 aromatic rings. The molecule has 32 heavy (non-hydrogen) atoms. The highest BCUT2D eigenvalue weighted by molar-refractivity contribution is 7.20. The van der Waals surface area contributed by atoms with Gasteiger partial charge in [-0.15, -0.1) is 11.3 Å². The summed E-state index contributed by atoms with van der Waals surface area (Å²) in [5, 5.41) is 6.34. The Morgan fingerprint density at radius 2 is 1.84 bits per heavy atom. The monoisotopic (exact) mass is 468 g/mol. The largest absolute Gasteiger partial charge is 0.368 e. The second-order valence-corrected chi connectivity index (χ2v) is 9.43. The van der Waals surface area contributed by atoms with Crippen molar-refractivity contribution in [2.75, 3.05) is 31.1 Å². The Hall–Kier alpha value is -2.90. The summed E-state index contributed by atoms with van der Waals surface area (Å²) in [5.41, 5.74) is 2.94. The molecule has 2 aromatic heterocycles. The fraction of sp³-hybridized carbons (Fsp3) is 0.250. The summed E-state index contributed by atoms with van der Waals surface area (Å²) in [4.78, 5) is 19.1. The maximum Gasteiger partial charge on any atom is 0.264 e. The number of amides is 1. The van der Waals surface area contributed by atoms with Crippen LogP contribution >= 0.6 is 22.9 Å². The number of benzene rings is 2. The van der Waals surface area contributed by atoms with Gasteiger partial charge in [-0.3, -0.25) is 9.48 Å². The van der Waals surface area contributed by atoms with Gasteiger partial charge in [0.2, 0.25) is 0 Å². The van der Waals surface area contributed by atoms with E-state index in [0.29, 0.717) is 19.6 Å². The average Bonchev–Trinajstić information content (AvgIpc) is 3.36. The van der Waals surface area contributed by atoms with E-state index >= 15 is 0 Å². The molecule has 0 N–H and O–H groups in total. The van der Waals surface area contributed by atoms with Crippen LogP contribution in [0.2, 0.25) is 5.02 Å². The number of nitrogens with zero attached hydrogens (tertiary/aromatic N) is 4. The highest BCUT2D eigenvalue weighted by atomic mass is 35.5. The summed E-state index contributed by atoms with van der Waals surface area (Å²) in [6.45, 7) is 5.37. The summed E-state index contributed by atoms with van der Waals surface area (Å²) < 4.78 is 15.1. The summed E-state index contributed by atoms with van der Waals surface area (Å²) >= 11 is 7.59. The molecule has 1 saturated heterocycles. The van der Waals surface area contributed by atoms with E-state index in [1.807, 2.05) is 46.8 Å². The van der Waals surface area contributed by atoms with Crippen molar-refractivity contribution in [3.05, 3.63) is 81.6 Å². The third-order valence-corrected chi connectivity index (χ3v) is 7.18. The minimum atomic E-state index is -0.255. The molecule has 0 aliphatic carbocycles. The number of piperazine rings is 1. The Kier molecular flexibility index (Phi) is 5.61. The molecule has 1 amide bonds. The first-order valence-corrected chi connectivity index (χ1v) is 11.7. The number of anilines is 1. The molecule has 0 saturated carbocycles. The summed E-state index contributed by atoms with van der Waals surface area (Å²) in [6, 6.07) is 16.2. The van der Waals surface area contributed by atoms with E-state index in [-0.39, 0.29) is 11.7 Å². The fourth-order valence-corrected chi connectivity index (χ4v) is 5.40. The van der Waals surface area contributed by atoms with E-state index in [2.05, 4.69) is 10.00 Å². The van der Waals surface area contributed by atoms with Gasteiger partial charge in [0.05, 0.1) is 17.1 Å². The predicted octanol–water partition coefficient (Wildman–Crippen LogP) is 5.21. The number of fused-ring (bicyclic) bond motifs is 1. The number of halogens is 2. The normalized spacial score (nSPS) is 14.3. The Morgan fingerprint density at radius 1 is 1.09 bits per heavy atom. The van der Waals surface area contributed by atoms with Crippen molar-refractivity contribution in [3.63, 3.8) is 0 Å². The van der Waals surface area contributed by atoms with Crippen molar-refractivity contribution in [2.45, 2.75) is 13.5 Å². The van der Waals surface area contributed by atoms with Gasteiger partial charge in [0, 0.05) is 42.3 Å². The molecule has 3 heterocycles. The molecule has 164 valence electrons. The van der Waals surface area contributed by atoms with Crippen LogP contribution in [-0.2, 0) is 6.54 Å². The van der Waals surface area contributed by atoms with Crippen LogP contribution in [0.15, 0.2) is 54.6 Å². The summed E-state index contributed by atoms with van der Waals surface area (Å²) in [6.07, 6.45) is 0. The number of rotatable bonds is 4. The van der Waals surface area contributed by atoms with Gasteiger partial charge < -0.3 is 9.80 Å². The first kappa shape index (κ1) is 21.0. The minimum Gasteiger partial charge on any atom is -0.368 e. The zero-order valence-electron chi connectivity index (χ0n) is 17.6. The zero-order valence-corrected chi connectivity index (χ0v) is 19.2. The lowest BCUT2D eigenvalue weighted by Crippen LogP contribution is -2.48. The van der Waals surface area contributed by atoms with Gasteiger partial charge in [-0.1, -0.05) is 29.8 Å². The Bertz CT molecular complexity index is 1280. The maximum atomic E-state index is 13.2. The van der Waals surface area contributed by atoms with Crippen molar-refractivity contribution >= 4 is 44.7 Å². The number of hydrogen-bond acceptors (Lipinski definition) is 4. The van der Waals surface area contributed by atoms with Crippen LogP contribution in [0.5, 0.6) is 0 Å². The summed E-state index contributed by atoms with van der Waals surface area (Å²) in [7, 11) is 0. The van der Waals surface area contributed by atoms with Crippen molar-refractivity contribution in [1.29, 1.82) is 0 Å². The highest BCUT2D eigenvalue weighted by Crippen LogP contribution is 2.30. The Labute approximate surface area is 194 Å². The third-order valence-electron chi connectivity index (χ3n) is 5.80. The smallest absolute Gasteiger partial charge is 0.264 e. The first-order chi connectivity index (χ1) is 15.5. The summed E-state index contributed by atoms with van der Waals surface area (Å²) in [5.74, 6) is -0.195. The zero-order chi connectivity index (χ0) is 22.2. The van der Waals surface area contributed by atoms with E-state index in [1.165, 1.54) is 23.5 Å². The molecule has 2 aromatic carbocycles. The molecule has 5 nitrogen and oxygen atoms in total. The molecular weight excluding hydrogens is 447 g/mol. The van der Waals surface area contributed by atoms with E-state index in [9.17, 15) is 9.18 Å². The lowest BCUT2D eigenvalue weighted by molar-refractivity contribution is 0.0751. The number of hydrogen-bond donors (Lipinski definition) is 0. The molecule has 8 heteroatoms. The SMILES string of the molecule is Cc1nn(Cc2ccc(F)cc2)c2sc(C(=O)N3CCN(c4cccc(Cl)c4)CC3)cc12. The van der Waals surface area contributed by atoms with E-state index in [1.54, 1.807) is 12.1 Å². The van der Waals surface area contributed by atoms with Gasteiger partial charge in [-0.05, 0) is 48.9 Å². The van der Waals surface area contributed by atoms with E-state index in [4.69, 9.17) is 11.6 Å². The molecule has 0 bridgehead atoms. The third kappa shape index (κ3) is 4.10. The van der Waals surface area contributed by atoms with Crippen LogP contribution in [0.4, 0.5) is 10.1 Å². The highest BCUT2D eigenvalue weighted by Gasteiger charge is 2.25. The van der Waals surface area contributed by atoms with Crippen molar-refractivity contribution < 1.29 is 9.18 Å². The van der Waals surface area contributed by atoms with E-state index in [0.717, 1.165) is 50.2 Å². The number of aryl methyl sites for hydroxylation is 1. The molecule has 0 radical (unpaired) electrons. The van der Waals surface area contributed by atoms with Crippen molar-refractivity contribution in [2.24, 2.45) is 0 Å². The topological polar surface area (TPSA) is 41.4 Å². The number of carbonyl (C=O) groups excluding carboxylic acids is 1. The standard InChI is InChI=1S/C24H22ClFN4OS/c1-16-21-14-22(32-24(21)30(27-16)15-17-5-7-19(26)8-6-17)23(31)29-11-9-28(10-12-29)20-4-2-3-18(25)13-20/h2-8,13-14H,9-12,15H2,1H3. The number of thiophene rings is 1. The molecule has 0 atom stereocenters. The van der Waals surface area contributed by atoms with Gasteiger partial charge in [0.1, 0.15) is 10.6 Å².